The zero-order valence-corrected chi connectivity index (χ0v) is 9.14. The van der Waals surface area contributed by atoms with Gasteiger partial charge in [-0.25, -0.2) is 0 Å². The number of amides is 1. The lowest BCUT2D eigenvalue weighted by molar-refractivity contribution is -0.387. The van der Waals surface area contributed by atoms with Crippen LogP contribution in [0.1, 0.15) is 12.5 Å². The number of halogens is 1. The lowest BCUT2D eigenvalue weighted by atomic mass is 10.2. The second-order valence-corrected chi connectivity index (χ2v) is 3.31. The maximum atomic E-state index is 13.2. The highest BCUT2D eigenvalue weighted by molar-refractivity contribution is 5.73. The van der Waals surface area contributed by atoms with Crippen molar-refractivity contribution in [2.24, 2.45) is 0 Å². The Morgan fingerprint density at radius 1 is 1.59 bits per heavy atom. The summed E-state index contributed by atoms with van der Waals surface area (Å²) in [5, 5.41) is 12.9. The van der Waals surface area contributed by atoms with Gasteiger partial charge in [-0.15, -0.1) is 0 Å². The summed E-state index contributed by atoms with van der Waals surface area (Å²) in [7, 11) is 0. The molecule has 0 spiro atoms. The van der Waals surface area contributed by atoms with Crippen molar-refractivity contribution in [3.8, 4) is 0 Å². The summed E-state index contributed by atoms with van der Waals surface area (Å²) >= 11 is 0. The van der Waals surface area contributed by atoms with Crippen molar-refractivity contribution in [3.63, 3.8) is 0 Å². The Balaban J connectivity index is 2.70. The number of rotatable bonds is 4. The van der Waals surface area contributed by atoms with Crippen molar-refractivity contribution in [1.82, 2.24) is 5.32 Å². The van der Waals surface area contributed by atoms with E-state index in [0.717, 1.165) is 12.1 Å². The number of hydrogen-bond donors (Lipinski definition) is 1. The minimum Gasteiger partial charge on any atom is -0.353 e. The zero-order valence-electron chi connectivity index (χ0n) is 9.14. The van der Waals surface area contributed by atoms with Crippen LogP contribution in [0.2, 0.25) is 0 Å². The Hall–Kier alpha value is -2.24. The van der Waals surface area contributed by atoms with Crippen LogP contribution in [0.25, 0.3) is 6.08 Å². The van der Waals surface area contributed by atoms with E-state index in [1.54, 1.807) is 12.2 Å². The first kappa shape index (κ1) is 12.8. The molecule has 1 aromatic carbocycles. The van der Waals surface area contributed by atoms with E-state index in [0.29, 0.717) is 12.1 Å². The molecule has 0 saturated carbocycles. The smallest absolute Gasteiger partial charge is 0.304 e. The van der Waals surface area contributed by atoms with E-state index < -0.39 is 16.4 Å². The molecule has 6 heteroatoms. The molecule has 1 aromatic rings. The summed E-state index contributed by atoms with van der Waals surface area (Å²) < 4.78 is 13.2. The van der Waals surface area contributed by atoms with Gasteiger partial charge in [-0.05, 0) is 17.7 Å². The molecule has 1 rings (SSSR count). The Morgan fingerprint density at radius 3 is 2.82 bits per heavy atom. The first-order valence-electron chi connectivity index (χ1n) is 4.85. The van der Waals surface area contributed by atoms with Crippen LogP contribution >= 0.6 is 0 Å². The molecule has 0 heterocycles. The molecule has 0 aliphatic heterocycles. The zero-order chi connectivity index (χ0) is 12.8. The summed E-state index contributed by atoms with van der Waals surface area (Å²) in [5.74, 6) is -1.04. The molecule has 0 aliphatic rings. The monoisotopic (exact) mass is 238 g/mol. The van der Waals surface area contributed by atoms with E-state index in [4.69, 9.17) is 0 Å². The molecule has 0 aromatic heterocycles. The fraction of sp³-hybridized carbons (Fsp3) is 0.182. The minimum atomic E-state index is -0.878. The Bertz CT molecular complexity index is 472. The second kappa shape index (κ2) is 5.74. The maximum Gasteiger partial charge on any atom is 0.304 e. The van der Waals surface area contributed by atoms with Crippen LogP contribution in [0, 0.1) is 15.9 Å². The number of nitro groups is 1. The molecule has 0 atom stereocenters. The van der Waals surface area contributed by atoms with Gasteiger partial charge in [0.05, 0.1) is 4.92 Å². The molecule has 0 unspecified atom stereocenters. The summed E-state index contributed by atoms with van der Waals surface area (Å²) in [5.41, 5.74) is -0.0533. The molecule has 0 radical (unpaired) electrons. The van der Waals surface area contributed by atoms with Crippen LogP contribution in [0.15, 0.2) is 24.3 Å². The van der Waals surface area contributed by atoms with Crippen LogP contribution < -0.4 is 5.32 Å². The van der Waals surface area contributed by atoms with E-state index in [1.165, 1.54) is 13.0 Å². The van der Waals surface area contributed by atoms with E-state index in [1.807, 2.05) is 0 Å². The van der Waals surface area contributed by atoms with Crippen molar-refractivity contribution in [2.45, 2.75) is 6.92 Å². The fourth-order valence-electron chi connectivity index (χ4n) is 1.17. The van der Waals surface area contributed by atoms with Crippen molar-refractivity contribution >= 4 is 17.7 Å². The predicted molar refractivity (Wildman–Crippen MR) is 60.8 cm³/mol. The van der Waals surface area contributed by atoms with Gasteiger partial charge in [0.25, 0.3) is 0 Å². The number of nitrogens with one attached hydrogen (secondary N) is 1. The van der Waals surface area contributed by atoms with Crippen molar-refractivity contribution < 1.29 is 14.1 Å². The van der Waals surface area contributed by atoms with Crippen LogP contribution in [-0.2, 0) is 4.79 Å². The summed E-state index contributed by atoms with van der Waals surface area (Å²) in [6.07, 6.45) is 3.20. The fourth-order valence-corrected chi connectivity index (χ4v) is 1.17. The lowest BCUT2D eigenvalue weighted by Gasteiger charge is -1.97. The standard InChI is InChI=1S/C11H11FN2O3/c1-8(15)13-6-2-3-9-4-5-11(14(16)17)10(12)7-9/h2-5,7H,6H2,1H3,(H,13,15). The Kier molecular flexibility index (Phi) is 4.33. The molecule has 5 nitrogen and oxygen atoms in total. The first-order chi connectivity index (χ1) is 8.00. The van der Waals surface area contributed by atoms with Crippen molar-refractivity contribution in [2.75, 3.05) is 6.54 Å². The van der Waals surface area contributed by atoms with E-state index >= 15 is 0 Å². The van der Waals surface area contributed by atoms with E-state index in [-0.39, 0.29) is 5.91 Å². The summed E-state index contributed by atoms with van der Waals surface area (Å²) in [6.45, 7) is 1.72. The third-order valence-corrected chi connectivity index (χ3v) is 1.95. The van der Waals surface area contributed by atoms with Crippen molar-refractivity contribution in [1.29, 1.82) is 0 Å². The minimum absolute atomic E-state index is 0.162. The van der Waals surface area contributed by atoms with Crippen LogP contribution in [-0.4, -0.2) is 17.4 Å². The molecule has 0 saturated heterocycles. The predicted octanol–water partition coefficient (Wildman–Crippen LogP) is 1.88. The number of carbonyl (C=O) groups excluding carboxylic acids is 1. The molecular formula is C11H11FN2O3. The number of hydrogen-bond acceptors (Lipinski definition) is 3. The molecule has 0 aliphatic carbocycles. The SMILES string of the molecule is CC(=O)NCC=Cc1ccc([N+](=O)[O-])c(F)c1. The first-order valence-corrected chi connectivity index (χ1v) is 4.85. The Labute approximate surface area is 97.1 Å². The van der Waals surface area contributed by atoms with Gasteiger partial charge in [-0.2, -0.15) is 4.39 Å². The molecule has 17 heavy (non-hydrogen) atoms. The van der Waals surface area contributed by atoms with Gasteiger partial charge >= 0.3 is 5.69 Å². The van der Waals surface area contributed by atoms with Gasteiger partial charge < -0.3 is 5.32 Å². The highest BCUT2D eigenvalue weighted by Gasteiger charge is 2.12. The van der Waals surface area contributed by atoms with Crippen LogP contribution in [0.3, 0.4) is 0 Å². The van der Waals surface area contributed by atoms with Gasteiger partial charge in [0.2, 0.25) is 11.7 Å². The van der Waals surface area contributed by atoms with Crippen LogP contribution in [0.5, 0.6) is 0 Å². The number of carbonyl (C=O) groups is 1. The normalized spacial score (nSPS) is 10.5. The molecule has 0 bridgehead atoms. The van der Waals surface area contributed by atoms with E-state index in [9.17, 15) is 19.3 Å². The molecule has 90 valence electrons. The van der Waals surface area contributed by atoms with Gasteiger partial charge in [-0.1, -0.05) is 12.2 Å². The Morgan fingerprint density at radius 2 is 2.29 bits per heavy atom. The second-order valence-electron chi connectivity index (χ2n) is 3.31. The van der Waals surface area contributed by atoms with Gasteiger partial charge in [0.1, 0.15) is 0 Å². The lowest BCUT2D eigenvalue weighted by Crippen LogP contribution is -2.19. The molecule has 0 fully saturated rings. The third kappa shape index (κ3) is 4.02. The highest BCUT2D eigenvalue weighted by Crippen LogP contribution is 2.18. The van der Waals surface area contributed by atoms with Crippen LogP contribution in [0.4, 0.5) is 10.1 Å². The highest BCUT2D eigenvalue weighted by atomic mass is 19.1. The van der Waals surface area contributed by atoms with Gasteiger partial charge in [0.15, 0.2) is 0 Å². The average molecular weight is 238 g/mol. The molecule has 1 N–H and O–H groups in total. The number of nitrogens with zero attached hydrogens (tertiary/aromatic N) is 1. The largest absolute Gasteiger partial charge is 0.353 e. The number of benzene rings is 1. The van der Waals surface area contributed by atoms with Crippen molar-refractivity contribution in [3.05, 3.63) is 45.8 Å². The topological polar surface area (TPSA) is 72.2 Å². The summed E-state index contributed by atoms with van der Waals surface area (Å²) in [6, 6.07) is 3.61. The maximum absolute atomic E-state index is 13.2. The van der Waals surface area contributed by atoms with Gasteiger partial charge in [-0.3, -0.25) is 14.9 Å². The summed E-state index contributed by atoms with van der Waals surface area (Å²) in [4.78, 5) is 20.1. The molecule has 1 amide bonds. The van der Waals surface area contributed by atoms with Gasteiger partial charge in [0, 0.05) is 19.5 Å². The number of nitro benzene ring substituents is 1. The van der Waals surface area contributed by atoms with E-state index in [2.05, 4.69) is 5.32 Å². The molecular weight excluding hydrogens is 227 g/mol. The quantitative estimate of drug-likeness (QED) is 0.643. The average Bonchev–Trinajstić information content (AvgIpc) is 2.23. The third-order valence-electron chi connectivity index (χ3n) is 1.95.